The fourth-order valence-electron chi connectivity index (χ4n) is 6.99. The van der Waals surface area contributed by atoms with E-state index in [0.717, 1.165) is 44.9 Å². The number of amides is 1. The minimum Gasteiger partial charge on any atom is -0.435 e. The summed E-state index contributed by atoms with van der Waals surface area (Å²) in [4.78, 5) is 36.9. The summed E-state index contributed by atoms with van der Waals surface area (Å²) in [5.41, 5.74) is 0.748. The van der Waals surface area contributed by atoms with Crippen LogP contribution in [0.2, 0.25) is 0 Å². The lowest BCUT2D eigenvalue weighted by atomic mass is 9.58. The van der Waals surface area contributed by atoms with Gasteiger partial charge in [0.15, 0.2) is 11.9 Å². The van der Waals surface area contributed by atoms with Crippen molar-refractivity contribution in [1.82, 2.24) is 5.32 Å². The first-order valence-corrected chi connectivity index (χ1v) is 13.6. The first-order chi connectivity index (χ1) is 16.8. The van der Waals surface area contributed by atoms with E-state index in [4.69, 9.17) is 24.0 Å². The fourth-order valence-corrected chi connectivity index (χ4v) is 6.99. The largest absolute Gasteiger partial charge is 0.435 e. The Morgan fingerprint density at radius 2 is 1.97 bits per heavy atom. The smallest absolute Gasteiger partial charge is 0.308 e. The van der Waals surface area contributed by atoms with Gasteiger partial charge in [-0.25, -0.2) is 9.78 Å². The summed E-state index contributed by atoms with van der Waals surface area (Å²) in [7, 11) is 0. The number of hydrogen-bond donors (Lipinski definition) is 1. The number of nitrogens with one attached hydrogen (secondary N) is 1. The zero-order valence-electron chi connectivity index (χ0n) is 21.4. The molecule has 5 fully saturated rings. The van der Waals surface area contributed by atoms with Crippen molar-refractivity contribution >= 4 is 11.9 Å². The summed E-state index contributed by atoms with van der Waals surface area (Å²) in [5, 5.41) is 2.93. The average molecular weight is 492 g/mol. The van der Waals surface area contributed by atoms with Gasteiger partial charge in [0.05, 0.1) is 6.42 Å². The van der Waals surface area contributed by atoms with E-state index in [1.165, 1.54) is 18.4 Å². The Kier molecular flexibility index (Phi) is 7.28. The molecule has 8 heteroatoms. The summed E-state index contributed by atoms with van der Waals surface area (Å²) in [6, 6.07) is 0. The van der Waals surface area contributed by atoms with Crippen molar-refractivity contribution in [3.63, 3.8) is 0 Å². The molecule has 0 unspecified atom stereocenters. The van der Waals surface area contributed by atoms with Gasteiger partial charge in [-0.2, -0.15) is 0 Å². The van der Waals surface area contributed by atoms with Crippen molar-refractivity contribution in [2.45, 2.75) is 115 Å². The van der Waals surface area contributed by atoms with Gasteiger partial charge in [-0.15, -0.1) is 0 Å². The minimum atomic E-state index is -0.863. The third kappa shape index (κ3) is 4.91. The average Bonchev–Trinajstić information content (AvgIpc) is 3.07. The van der Waals surface area contributed by atoms with Crippen molar-refractivity contribution < 1.29 is 33.6 Å². The van der Waals surface area contributed by atoms with Gasteiger partial charge in [-0.05, 0) is 70.1 Å². The van der Waals surface area contributed by atoms with Gasteiger partial charge in [0.1, 0.15) is 0 Å². The molecule has 0 aromatic heterocycles. The molecule has 4 saturated heterocycles. The third-order valence-corrected chi connectivity index (χ3v) is 9.05. The summed E-state index contributed by atoms with van der Waals surface area (Å²) >= 11 is 0. The molecule has 1 N–H and O–H groups in total. The maximum Gasteiger partial charge on any atom is 0.308 e. The number of esters is 1. The zero-order chi connectivity index (χ0) is 24.6. The Balaban J connectivity index is 1.15. The molecular weight excluding hydrogens is 450 g/mol. The molecule has 196 valence electrons. The maximum atomic E-state index is 12.7. The van der Waals surface area contributed by atoms with Crippen LogP contribution in [0.1, 0.15) is 91.4 Å². The SMILES string of the molecule is C[C@H]1[C@H](OC(=O)CCC(=O)NCCC2=CCCCC2)O[C@@H]2O[C@@]3(C)CC[C@H]4[C@H](C)CC[C@@H]1[C@]24OO3. The minimum absolute atomic E-state index is 0.0272. The lowest BCUT2D eigenvalue weighted by Gasteiger charge is -2.59. The van der Waals surface area contributed by atoms with Crippen LogP contribution in [0.25, 0.3) is 0 Å². The van der Waals surface area contributed by atoms with Crippen molar-refractivity contribution in [1.29, 1.82) is 0 Å². The van der Waals surface area contributed by atoms with Crippen molar-refractivity contribution in [2.75, 3.05) is 6.54 Å². The first kappa shape index (κ1) is 25.2. The van der Waals surface area contributed by atoms with E-state index in [-0.39, 0.29) is 36.5 Å². The highest BCUT2D eigenvalue weighted by Gasteiger charge is 2.69. The first-order valence-electron chi connectivity index (χ1n) is 13.6. The molecular formula is C27H41NO7. The van der Waals surface area contributed by atoms with Crippen molar-refractivity contribution in [3.05, 3.63) is 11.6 Å². The van der Waals surface area contributed by atoms with E-state index in [1.54, 1.807) is 0 Å². The molecule has 8 nitrogen and oxygen atoms in total. The van der Waals surface area contributed by atoms with Gasteiger partial charge in [-0.3, -0.25) is 9.59 Å². The normalized spacial score (nSPS) is 42.4. The van der Waals surface area contributed by atoms with Crippen LogP contribution in [-0.2, 0) is 33.6 Å². The lowest BCUT2D eigenvalue weighted by Crippen LogP contribution is -2.70. The van der Waals surface area contributed by atoms with E-state index >= 15 is 0 Å². The third-order valence-electron chi connectivity index (χ3n) is 9.05. The Morgan fingerprint density at radius 1 is 1.11 bits per heavy atom. The van der Waals surface area contributed by atoms with Gasteiger partial charge in [0.25, 0.3) is 0 Å². The Bertz CT molecular complexity index is 845. The highest BCUT2D eigenvalue weighted by atomic mass is 17.3. The van der Waals surface area contributed by atoms with Crippen LogP contribution < -0.4 is 5.32 Å². The second-order valence-corrected chi connectivity index (χ2v) is 11.5. The van der Waals surface area contributed by atoms with Crippen LogP contribution in [0, 0.1) is 23.7 Å². The number of carbonyl (C=O) groups is 2. The van der Waals surface area contributed by atoms with Gasteiger partial charge in [0.2, 0.25) is 18.0 Å². The molecule has 2 bridgehead atoms. The van der Waals surface area contributed by atoms with Crippen LogP contribution >= 0.6 is 0 Å². The van der Waals surface area contributed by atoms with E-state index in [9.17, 15) is 9.59 Å². The molecule has 6 aliphatic rings. The number of carbonyl (C=O) groups excluding carboxylic acids is 2. The van der Waals surface area contributed by atoms with E-state index in [0.29, 0.717) is 12.5 Å². The van der Waals surface area contributed by atoms with Gasteiger partial charge >= 0.3 is 5.97 Å². The highest BCUT2D eigenvalue weighted by Crippen LogP contribution is 2.60. The van der Waals surface area contributed by atoms with Crippen molar-refractivity contribution in [3.8, 4) is 0 Å². The van der Waals surface area contributed by atoms with Gasteiger partial charge in [-0.1, -0.05) is 25.5 Å². The van der Waals surface area contributed by atoms with Crippen LogP contribution in [0.4, 0.5) is 0 Å². The highest BCUT2D eigenvalue weighted by molar-refractivity contribution is 5.81. The van der Waals surface area contributed by atoms with Gasteiger partial charge < -0.3 is 19.5 Å². The quantitative estimate of drug-likeness (QED) is 0.318. The summed E-state index contributed by atoms with van der Waals surface area (Å²) < 4.78 is 18.4. The second-order valence-electron chi connectivity index (χ2n) is 11.5. The van der Waals surface area contributed by atoms with Gasteiger partial charge in [0, 0.05) is 31.2 Å². The Morgan fingerprint density at radius 3 is 2.77 bits per heavy atom. The monoisotopic (exact) mass is 491 g/mol. The molecule has 2 aliphatic carbocycles. The predicted octanol–water partition coefficient (Wildman–Crippen LogP) is 4.52. The number of rotatable bonds is 7. The topological polar surface area (TPSA) is 92.3 Å². The molecule has 35 heavy (non-hydrogen) atoms. The van der Waals surface area contributed by atoms with E-state index in [1.807, 2.05) is 6.92 Å². The molecule has 0 aromatic carbocycles. The molecule has 4 heterocycles. The number of fused-ring (bicyclic) bond motifs is 2. The molecule has 4 aliphatic heterocycles. The second kappa shape index (κ2) is 10.1. The summed E-state index contributed by atoms with van der Waals surface area (Å²) in [6.45, 7) is 6.81. The Labute approximate surface area is 208 Å². The molecule has 8 atom stereocenters. The molecule has 0 aromatic rings. The predicted molar refractivity (Wildman–Crippen MR) is 126 cm³/mol. The Hall–Kier alpha value is -1.48. The summed E-state index contributed by atoms with van der Waals surface area (Å²) in [6.07, 6.45) is 10.4. The zero-order valence-corrected chi connectivity index (χ0v) is 21.4. The molecule has 0 radical (unpaired) electrons. The molecule has 1 spiro atoms. The van der Waals surface area contributed by atoms with Crippen molar-refractivity contribution in [2.24, 2.45) is 23.7 Å². The van der Waals surface area contributed by atoms with E-state index in [2.05, 4.69) is 25.2 Å². The molecule has 1 amide bonds. The molecule has 6 rings (SSSR count). The van der Waals surface area contributed by atoms with E-state index < -0.39 is 29.9 Å². The maximum absolute atomic E-state index is 12.7. The van der Waals surface area contributed by atoms with Crippen LogP contribution in [0.15, 0.2) is 11.6 Å². The lowest BCUT2D eigenvalue weighted by molar-refractivity contribution is -0.576. The number of allylic oxidation sites excluding steroid dienone is 1. The van der Waals surface area contributed by atoms with Crippen LogP contribution in [0.5, 0.6) is 0 Å². The standard InChI is InChI=1S/C27H41NO7/c1-17-9-10-21-18(2)24(32-25-27(21)20(17)13-15-26(3,33-25)34-35-27)31-23(30)12-11-22(29)28-16-14-19-7-5-4-6-8-19/h7,17-18,20-21,24-25H,4-6,8-16H2,1-3H3,(H,28,29)/t17-,18-,20+,21+,24-,25-,26-,27+/m1/s1. The van der Waals surface area contributed by atoms with Crippen LogP contribution in [-0.4, -0.2) is 42.4 Å². The summed E-state index contributed by atoms with van der Waals surface area (Å²) in [5.74, 6) is -0.643. The fraction of sp³-hybridized carbons (Fsp3) is 0.852. The number of ether oxygens (including phenoxy) is 3. The number of hydrogen-bond acceptors (Lipinski definition) is 7. The van der Waals surface area contributed by atoms with Crippen LogP contribution in [0.3, 0.4) is 0 Å². The molecule has 1 saturated carbocycles.